The van der Waals surface area contributed by atoms with Crippen LogP contribution in [0, 0.1) is 5.92 Å². The number of carbonyl (C=O) groups excluding carboxylic acids is 1. The van der Waals surface area contributed by atoms with Gasteiger partial charge < -0.3 is 4.90 Å². The Labute approximate surface area is 119 Å². The average Bonchev–Trinajstić information content (AvgIpc) is 2.69. The molecule has 1 amide bonds. The smallest absolute Gasteiger partial charge is 0.264 e. The molecule has 1 heterocycles. The molecule has 0 aromatic heterocycles. The molecule has 19 heavy (non-hydrogen) atoms. The molecule has 0 radical (unpaired) electrons. The van der Waals surface area contributed by atoms with Gasteiger partial charge in [0.2, 0.25) is 0 Å². The lowest BCUT2D eigenvalue weighted by Crippen LogP contribution is -2.34. The first kappa shape index (κ1) is 14.1. The van der Waals surface area contributed by atoms with E-state index >= 15 is 0 Å². The number of hydrogen-bond acceptors (Lipinski definition) is 3. The highest BCUT2D eigenvalue weighted by molar-refractivity contribution is 8.16. The highest BCUT2D eigenvalue weighted by Crippen LogP contribution is 2.41. The van der Waals surface area contributed by atoms with Crippen molar-refractivity contribution in [3.63, 3.8) is 0 Å². The highest BCUT2D eigenvalue weighted by Gasteiger charge is 2.45. The second kappa shape index (κ2) is 5.37. The van der Waals surface area contributed by atoms with Gasteiger partial charge in [-0.15, -0.1) is 0 Å². The van der Waals surface area contributed by atoms with E-state index in [1.165, 1.54) is 0 Å². The van der Waals surface area contributed by atoms with Crippen LogP contribution in [0.1, 0.15) is 27.7 Å². The summed E-state index contributed by atoms with van der Waals surface area (Å²) in [4.78, 5) is 18.5. The predicted octanol–water partition coefficient (Wildman–Crippen LogP) is 3.56. The number of carbonyl (C=O) groups is 1. The Hall–Kier alpha value is -1.29. The Morgan fingerprint density at radius 3 is 2.42 bits per heavy atom. The highest BCUT2D eigenvalue weighted by atomic mass is 32.2. The second-order valence-electron chi connectivity index (χ2n) is 5.14. The Morgan fingerprint density at radius 1 is 1.32 bits per heavy atom. The third-order valence-corrected chi connectivity index (χ3v) is 5.21. The summed E-state index contributed by atoms with van der Waals surface area (Å²) in [6, 6.07) is 10.1. The Morgan fingerprint density at radius 2 is 1.95 bits per heavy atom. The van der Waals surface area contributed by atoms with Crippen molar-refractivity contribution in [2.75, 3.05) is 11.4 Å². The first-order valence-corrected chi connectivity index (χ1v) is 7.45. The van der Waals surface area contributed by atoms with Crippen LogP contribution in [0.2, 0.25) is 0 Å². The van der Waals surface area contributed by atoms with Crippen molar-refractivity contribution >= 4 is 28.5 Å². The number of anilines is 1. The maximum absolute atomic E-state index is 12.2. The quantitative estimate of drug-likeness (QED) is 0.846. The summed E-state index contributed by atoms with van der Waals surface area (Å²) in [5.74, 6) is 0.248. The van der Waals surface area contributed by atoms with Gasteiger partial charge in [-0.3, -0.25) is 4.79 Å². The molecule has 4 heteroatoms. The van der Waals surface area contributed by atoms with Gasteiger partial charge in [-0.05, 0) is 31.9 Å². The van der Waals surface area contributed by atoms with Crippen LogP contribution in [0.5, 0.6) is 0 Å². The van der Waals surface area contributed by atoms with Crippen LogP contribution in [0.25, 0.3) is 0 Å². The first-order valence-electron chi connectivity index (χ1n) is 6.63. The van der Waals surface area contributed by atoms with Crippen LogP contribution < -0.4 is 4.90 Å². The van der Waals surface area contributed by atoms with E-state index in [-0.39, 0.29) is 11.8 Å². The number of amidine groups is 1. The van der Waals surface area contributed by atoms with Gasteiger partial charge in [-0.1, -0.05) is 43.8 Å². The molecule has 0 N–H and O–H groups in total. The van der Waals surface area contributed by atoms with E-state index in [2.05, 4.69) is 30.7 Å². The lowest BCUT2D eigenvalue weighted by Gasteiger charge is -2.27. The van der Waals surface area contributed by atoms with E-state index in [1.807, 2.05) is 37.3 Å². The molecular weight excluding hydrogens is 256 g/mol. The molecule has 1 atom stereocenters. The van der Waals surface area contributed by atoms with Gasteiger partial charge in [0, 0.05) is 12.2 Å². The Kier molecular flexibility index (Phi) is 3.99. The predicted molar refractivity (Wildman–Crippen MR) is 82.7 cm³/mol. The first-order chi connectivity index (χ1) is 8.99. The van der Waals surface area contributed by atoms with E-state index in [0.29, 0.717) is 0 Å². The zero-order chi connectivity index (χ0) is 14.0. The third kappa shape index (κ3) is 2.54. The summed E-state index contributed by atoms with van der Waals surface area (Å²) < 4.78 is -0.433. The summed E-state index contributed by atoms with van der Waals surface area (Å²) in [5.41, 5.74) is 1.08. The summed E-state index contributed by atoms with van der Waals surface area (Å²) in [7, 11) is 0. The monoisotopic (exact) mass is 276 g/mol. The van der Waals surface area contributed by atoms with E-state index in [4.69, 9.17) is 0 Å². The number of nitrogens with zero attached hydrogens (tertiary/aromatic N) is 2. The number of thioether (sulfide) groups is 1. The number of hydrogen-bond donors (Lipinski definition) is 0. The third-order valence-electron chi connectivity index (χ3n) is 3.64. The van der Waals surface area contributed by atoms with Gasteiger partial charge in [0.1, 0.15) is 4.75 Å². The molecule has 0 fully saturated rings. The fourth-order valence-corrected chi connectivity index (χ4v) is 3.19. The van der Waals surface area contributed by atoms with Crippen molar-refractivity contribution in [2.24, 2.45) is 10.9 Å². The lowest BCUT2D eigenvalue weighted by molar-refractivity contribution is -0.120. The number of para-hydroxylation sites is 1. The number of benzene rings is 1. The number of rotatable bonds is 3. The molecule has 0 aliphatic carbocycles. The topological polar surface area (TPSA) is 32.7 Å². The molecule has 0 spiro atoms. The van der Waals surface area contributed by atoms with Gasteiger partial charge in [0.25, 0.3) is 5.91 Å². The van der Waals surface area contributed by atoms with Crippen molar-refractivity contribution in [1.29, 1.82) is 0 Å². The maximum Gasteiger partial charge on any atom is 0.264 e. The zero-order valence-corrected chi connectivity index (χ0v) is 12.7. The van der Waals surface area contributed by atoms with Gasteiger partial charge >= 0.3 is 0 Å². The summed E-state index contributed by atoms with van der Waals surface area (Å²) >= 11 is 1.58. The van der Waals surface area contributed by atoms with Crippen LogP contribution in [0.4, 0.5) is 5.69 Å². The molecule has 2 rings (SSSR count). The van der Waals surface area contributed by atoms with Crippen molar-refractivity contribution in [1.82, 2.24) is 0 Å². The Bertz CT molecular complexity index is 498. The maximum atomic E-state index is 12.2. The van der Waals surface area contributed by atoms with E-state index in [1.54, 1.807) is 11.8 Å². The van der Waals surface area contributed by atoms with Crippen molar-refractivity contribution < 1.29 is 4.79 Å². The largest absolute Gasteiger partial charge is 0.321 e. The minimum Gasteiger partial charge on any atom is -0.321 e. The average molecular weight is 276 g/mol. The molecule has 0 bridgehead atoms. The summed E-state index contributed by atoms with van der Waals surface area (Å²) in [6.45, 7) is 9.01. The molecule has 1 aliphatic heterocycles. The molecule has 102 valence electrons. The normalized spacial score (nSPS) is 22.8. The fraction of sp³-hybridized carbons (Fsp3) is 0.467. The zero-order valence-electron chi connectivity index (χ0n) is 11.9. The Balaban J connectivity index is 2.28. The minimum atomic E-state index is -0.433. The summed E-state index contributed by atoms with van der Waals surface area (Å²) in [6.07, 6.45) is 0. The molecule has 1 aliphatic rings. The molecule has 0 saturated carbocycles. The fourth-order valence-electron chi connectivity index (χ4n) is 1.97. The van der Waals surface area contributed by atoms with Gasteiger partial charge in [0.15, 0.2) is 5.17 Å². The van der Waals surface area contributed by atoms with Crippen molar-refractivity contribution in [3.8, 4) is 0 Å². The molecule has 0 unspecified atom stereocenters. The molecule has 0 saturated heterocycles. The molecule has 1 aromatic rings. The molecular formula is C15H20N2OS. The number of amides is 1. The van der Waals surface area contributed by atoms with Crippen molar-refractivity contribution in [2.45, 2.75) is 32.4 Å². The van der Waals surface area contributed by atoms with E-state index in [9.17, 15) is 4.79 Å². The van der Waals surface area contributed by atoms with Crippen LogP contribution in [-0.4, -0.2) is 22.4 Å². The second-order valence-corrected chi connectivity index (χ2v) is 6.56. The van der Waals surface area contributed by atoms with Gasteiger partial charge in [0.05, 0.1) is 0 Å². The van der Waals surface area contributed by atoms with Crippen LogP contribution >= 0.6 is 11.8 Å². The summed E-state index contributed by atoms with van der Waals surface area (Å²) in [5, 5.41) is 0.815. The van der Waals surface area contributed by atoms with Crippen molar-refractivity contribution in [3.05, 3.63) is 30.3 Å². The SMILES string of the molecule is CCN(C1=NC(=O)[C@@](C)(C(C)C)S1)c1ccccc1. The standard InChI is InChI=1S/C15H20N2OS/c1-5-17(12-9-7-6-8-10-12)14-16-13(18)15(4,19-14)11(2)3/h6-11H,5H2,1-4H3/t15-/m1/s1. The van der Waals surface area contributed by atoms with Gasteiger partial charge in [-0.2, -0.15) is 4.99 Å². The molecule has 1 aromatic carbocycles. The van der Waals surface area contributed by atoms with Crippen LogP contribution in [0.3, 0.4) is 0 Å². The van der Waals surface area contributed by atoms with E-state index < -0.39 is 4.75 Å². The van der Waals surface area contributed by atoms with E-state index in [0.717, 1.165) is 17.4 Å². The molecule has 3 nitrogen and oxygen atoms in total. The lowest BCUT2D eigenvalue weighted by atomic mass is 9.96. The van der Waals surface area contributed by atoms with Crippen LogP contribution in [-0.2, 0) is 4.79 Å². The minimum absolute atomic E-state index is 0.0168. The van der Waals surface area contributed by atoms with Crippen LogP contribution in [0.15, 0.2) is 35.3 Å². The van der Waals surface area contributed by atoms with Gasteiger partial charge in [-0.25, -0.2) is 0 Å². The number of aliphatic imine (C=N–C) groups is 1.